The molecule has 3 aromatic carbocycles. The number of hydrogen-bond donors (Lipinski definition) is 1. The number of carbonyl (C=O) groups excluding carboxylic acids is 1. The fourth-order valence-corrected chi connectivity index (χ4v) is 3.18. The zero-order valence-corrected chi connectivity index (χ0v) is 15.3. The van der Waals surface area contributed by atoms with Gasteiger partial charge in [-0.15, -0.1) is 0 Å². The first-order valence-corrected chi connectivity index (χ1v) is 9.10. The predicted molar refractivity (Wildman–Crippen MR) is 106 cm³/mol. The van der Waals surface area contributed by atoms with E-state index in [2.05, 4.69) is 11.4 Å². The Morgan fingerprint density at radius 1 is 1.04 bits per heavy atom. The number of para-hydroxylation sites is 2. The smallest absolute Gasteiger partial charge is 0.255 e. The number of amides is 1. The van der Waals surface area contributed by atoms with Crippen molar-refractivity contribution in [3.8, 4) is 11.5 Å². The lowest BCUT2D eigenvalue weighted by atomic mass is 10.1. The van der Waals surface area contributed by atoms with Gasteiger partial charge < -0.3 is 14.8 Å². The second kappa shape index (κ2) is 7.72. The van der Waals surface area contributed by atoms with Crippen molar-refractivity contribution in [2.45, 2.75) is 12.5 Å². The third-order valence-electron chi connectivity index (χ3n) is 4.39. The van der Waals surface area contributed by atoms with Gasteiger partial charge in [0.25, 0.3) is 5.91 Å². The van der Waals surface area contributed by atoms with Crippen molar-refractivity contribution in [3.05, 3.63) is 88.9 Å². The number of anilines is 1. The van der Waals surface area contributed by atoms with E-state index in [1.807, 2.05) is 30.3 Å². The third-order valence-corrected chi connectivity index (χ3v) is 4.72. The molecule has 4 rings (SSSR count). The zero-order chi connectivity index (χ0) is 18.6. The van der Waals surface area contributed by atoms with Gasteiger partial charge in [0.2, 0.25) is 0 Å². The van der Waals surface area contributed by atoms with Crippen LogP contribution in [-0.4, -0.2) is 18.6 Å². The van der Waals surface area contributed by atoms with E-state index in [-0.39, 0.29) is 12.0 Å². The van der Waals surface area contributed by atoms with Crippen LogP contribution in [0.15, 0.2) is 72.8 Å². The lowest BCUT2D eigenvalue weighted by Crippen LogP contribution is -2.22. The van der Waals surface area contributed by atoms with Crippen LogP contribution in [0.25, 0.3) is 0 Å². The molecule has 1 N–H and O–H groups in total. The second-order valence-electron chi connectivity index (χ2n) is 6.32. The Bertz CT molecular complexity index is 931. The molecule has 1 aliphatic heterocycles. The highest BCUT2D eigenvalue weighted by Gasteiger charge is 2.22. The molecule has 1 amide bonds. The molecule has 0 saturated carbocycles. The fraction of sp³-hybridized carbons (Fsp3) is 0.136. The maximum Gasteiger partial charge on any atom is 0.255 e. The highest BCUT2D eigenvalue weighted by atomic mass is 35.5. The third kappa shape index (κ3) is 4.07. The van der Waals surface area contributed by atoms with Gasteiger partial charge in [-0.3, -0.25) is 4.79 Å². The van der Waals surface area contributed by atoms with Crippen molar-refractivity contribution in [1.29, 1.82) is 0 Å². The molecular formula is C22H18ClNO3. The standard InChI is InChI=1S/C22H18ClNO3/c23-19-6-2-3-7-20(19)24-22(25)15-9-11-17(12-10-15)26-14-18-13-16-5-1-4-8-21(16)27-18/h1-12,18H,13-14H2,(H,24,25)/t18-/m0/s1. The molecule has 5 heteroatoms. The Morgan fingerprint density at radius 2 is 1.78 bits per heavy atom. The van der Waals surface area contributed by atoms with E-state index in [1.54, 1.807) is 36.4 Å². The lowest BCUT2D eigenvalue weighted by molar-refractivity contribution is 0.102. The van der Waals surface area contributed by atoms with E-state index in [9.17, 15) is 4.79 Å². The summed E-state index contributed by atoms with van der Waals surface area (Å²) in [4.78, 5) is 12.3. The van der Waals surface area contributed by atoms with Crippen molar-refractivity contribution in [2.75, 3.05) is 11.9 Å². The summed E-state index contributed by atoms with van der Waals surface area (Å²) in [7, 11) is 0. The van der Waals surface area contributed by atoms with Crippen molar-refractivity contribution < 1.29 is 14.3 Å². The summed E-state index contributed by atoms with van der Waals surface area (Å²) in [5.74, 6) is 1.41. The van der Waals surface area contributed by atoms with Crippen LogP contribution >= 0.6 is 11.6 Å². The first-order valence-electron chi connectivity index (χ1n) is 8.72. The summed E-state index contributed by atoms with van der Waals surface area (Å²) in [6.07, 6.45) is 0.847. The summed E-state index contributed by atoms with van der Waals surface area (Å²) in [6, 6.07) is 22.2. The van der Waals surface area contributed by atoms with Gasteiger partial charge in [0.05, 0.1) is 10.7 Å². The minimum Gasteiger partial charge on any atom is -0.490 e. The molecule has 0 saturated heterocycles. The van der Waals surface area contributed by atoms with Gasteiger partial charge in [-0.05, 0) is 48.0 Å². The molecule has 0 radical (unpaired) electrons. The SMILES string of the molecule is O=C(Nc1ccccc1Cl)c1ccc(OC[C@@H]2Cc3ccccc3O2)cc1. The number of nitrogens with one attached hydrogen (secondary N) is 1. The molecule has 0 unspecified atom stereocenters. The number of fused-ring (bicyclic) bond motifs is 1. The summed E-state index contributed by atoms with van der Waals surface area (Å²) < 4.78 is 11.7. The number of halogens is 1. The summed E-state index contributed by atoms with van der Waals surface area (Å²) >= 11 is 6.07. The molecule has 4 nitrogen and oxygen atoms in total. The minimum absolute atomic E-state index is 0.00518. The first-order chi connectivity index (χ1) is 13.2. The van der Waals surface area contributed by atoms with Gasteiger partial charge in [0.1, 0.15) is 24.2 Å². The van der Waals surface area contributed by atoms with Crippen LogP contribution in [0.1, 0.15) is 15.9 Å². The zero-order valence-electron chi connectivity index (χ0n) is 14.5. The van der Waals surface area contributed by atoms with E-state index < -0.39 is 0 Å². The second-order valence-corrected chi connectivity index (χ2v) is 6.73. The predicted octanol–water partition coefficient (Wildman–Crippen LogP) is 4.97. The Hall–Kier alpha value is -2.98. The number of hydrogen-bond acceptors (Lipinski definition) is 3. The van der Waals surface area contributed by atoms with Gasteiger partial charge in [0, 0.05) is 12.0 Å². The lowest BCUT2D eigenvalue weighted by Gasteiger charge is -2.13. The fourth-order valence-electron chi connectivity index (χ4n) is 3.00. The molecule has 0 aliphatic carbocycles. The van der Waals surface area contributed by atoms with Crippen LogP contribution < -0.4 is 14.8 Å². The molecular weight excluding hydrogens is 362 g/mol. The molecule has 1 heterocycles. The van der Waals surface area contributed by atoms with Gasteiger partial charge in [0.15, 0.2) is 0 Å². The molecule has 0 fully saturated rings. The molecule has 0 aromatic heterocycles. The number of rotatable bonds is 5. The van der Waals surface area contributed by atoms with Crippen LogP contribution in [0.5, 0.6) is 11.5 Å². The van der Waals surface area contributed by atoms with Gasteiger partial charge in [-0.1, -0.05) is 41.9 Å². The van der Waals surface area contributed by atoms with E-state index in [1.165, 1.54) is 5.56 Å². The van der Waals surface area contributed by atoms with Crippen LogP contribution in [0, 0.1) is 0 Å². The van der Waals surface area contributed by atoms with Crippen molar-refractivity contribution >= 4 is 23.2 Å². The van der Waals surface area contributed by atoms with E-state index in [0.29, 0.717) is 28.6 Å². The molecule has 0 spiro atoms. The topological polar surface area (TPSA) is 47.6 Å². The Balaban J connectivity index is 1.33. The average Bonchev–Trinajstić information content (AvgIpc) is 3.11. The Labute approximate surface area is 162 Å². The van der Waals surface area contributed by atoms with Crippen LogP contribution in [0.2, 0.25) is 5.02 Å². The maximum atomic E-state index is 12.3. The van der Waals surface area contributed by atoms with E-state index in [4.69, 9.17) is 21.1 Å². The molecule has 136 valence electrons. The minimum atomic E-state index is -0.218. The largest absolute Gasteiger partial charge is 0.490 e. The van der Waals surface area contributed by atoms with Crippen LogP contribution in [-0.2, 0) is 6.42 Å². The molecule has 0 bridgehead atoms. The molecule has 3 aromatic rings. The monoisotopic (exact) mass is 379 g/mol. The normalized spacial score (nSPS) is 14.9. The summed E-state index contributed by atoms with van der Waals surface area (Å²) in [6.45, 7) is 0.458. The molecule has 1 aliphatic rings. The molecule has 1 atom stereocenters. The van der Waals surface area contributed by atoms with Crippen molar-refractivity contribution in [3.63, 3.8) is 0 Å². The summed E-state index contributed by atoms with van der Waals surface area (Å²) in [5, 5.41) is 3.30. The first kappa shape index (κ1) is 17.4. The van der Waals surface area contributed by atoms with Crippen molar-refractivity contribution in [1.82, 2.24) is 0 Å². The van der Waals surface area contributed by atoms with Gasteiger partial charge in [-0.25, -0.2) is 0 Å². The van der Waals surface area contributed by atoms with E-state index in [0.717, 1.165) is 12.2 Å². The van der Waals surface area contributed by atoms with Gasteiger partial charge >= 0.3 is 0 Å². The van der Waals surface area contributed by atoms with Crippen molar-refractivity contribution in [2.24, 2.45) is 0 Å². The Kier molecular flexibility index (Phi) is 4.99. The number of carbonyl (C=O) groups is 1. The maximum absolute atomic E-state index is 12.3. The van der Waals surface area contributed by atoms with Gasteiger partial charge in [-0.2, -0.15) is 0 Å². The average molecular weight is 380 g/mol. The molecule has 27 heavy (non-hydrogen) atoms. The highest BCUT2D eigenvalue weighted by molar-refractivity contribution is 6.33. The summed E-state index contributed by atoms with van der Waals surface area (Å²) in [5.41, 5.74) is 2.33. The number of benzene rings is 3. The van der Waals surface area contributed by atoms with Crippen LogP contribution in [0.4, 0.5) is 5.69 Å². The highest BCUT2D eigenvalue weighted by Crippen LogP contribution is 2.28. The Morgan fingerprint density at radius 3 is 2.56 bits per heavy atom. The van der Waals surface area contributed by atoms with Crippen LogP contribution in [0.3, 0.4) is 0 Å². The van der Waals surface area contributed by atoms with E-state index >= 15 is 0 Å². The quantitative estimate of drug-likeness (QED) is 0.680. The number of ether oxygens (including phenoxy) is 2.